The number of likely N-dealkylation sites (tertiary alicyclic amines) is 1. The first-order valence-corrected chi connectivity index (χ1v) is 13.1. The predicted molar refractivity (Wildman–Crippen MR) is 132 cm³/mol. The summed E-state index contributed by atoms with van der Waals surface area (Å²) in [4.78, 5) is 18.5. The molecule has 0 aromatic carbocycles. The van der Waals surface area contributed by atoms with Crippen molar-refractivity contribution in [1.29, 1.82) is 0 Å². The molecule has 170 valence electrons. The quantitative estimate of drug-likeness (QED) is 0.191. The van der Waals surface area contributed by atoms with E-state index in [4.69, 9.17) is 0 Å². The summed E-state index contributed by atoms with van der Waals surface area (Å²) in [5, 5.41) is 6.27. The minimum atomic E-state index is -3.21. The lowest BCUT2D eigenvalue weighted by Gasteiger charge is -2.25. The Kier molecular flexibility index (Phi) is 13.6. The Morgan fingerprint density at radius 1 is 1.14 bits per heavy atom. The third-order valence-electron chi connectivity index (χ3n) is 4.89. The summed E-state index contributed by atoms with van der Waals surface area (Å²) in [6, 6.07) is 0. The van der Waals surface area contributed by atoms with Gasteiger partial charge in [0.15, 0.2) is 5.96 Å². The first-order chi connectivity index (χ1) is 13.5. The van der Waals surface area contributed by atoms with Crippen LogP contribution in [-0.2, 0) is 14.8 Å². The van der Waals surface area contributed by atoms with Gasteiger partial charge in [0.05, 0.1) is 5.75 Å². The molecule has 0 saturated carbocycles. The molecule has 2 aliphatic rings. The van der Waals surface area contributed by atoms with E-state index in [9.17, 15) is 13.2 Å². The van der Waals surface area contributed by atoms with Crippen molar-refractivity contribution in [1.82, 2.24) is 19.8 Å². The second-order valence-electron chi connectivity index (χ2n) is 7.06. The van der Waals surface area contributed by atoms with Crippen LogP contribution in [0.4, 0.5) is 0 Å². The molecule has 0 unspecified atom stereocenters. The van der Waals surface area contributed by atoms with Crippen molar-refractivity contribution in [2.24, 2.45) is 4.99 Å². The standard InChI is InChI=1S/C18H35N5O3S2.HI/c1-2-19-18(20-8-6-11-22-10-5-3-4-7-17(22)24)21-9-16-28(25,26)23-12-14-27-15-13-23;/h2-16H2,1H3,(H2,19,20,21);1H. The number of hydrogen-bond donors (Lipinski definition) is 2. The van der Waals surface area contributed by atoms with Gasteiger partial charge < -0.3 is 15.5 Å². The van der Waals surface area contributed by atoms with Gasteiger partial charge in [0.25, 0.3) is 0 Å². The summed E-state index contributed by atoms with van der Waals surface area (Å²) >= 11 is 1.80. The Morgan fingerprint density at radius 2 is 1.90 bits per heavy atom. The van der Waals surface area contributed by atoms with Gasteiger partial charge in [-0.05, 0) is 26.2 Å². The average Bonchev–Trinajstić information content (AvgIpc) is 2.90. The molecule has 0 aromatic heterocycles. The third kappa shape index (κ3) is 10.1. The van der Waals surface area contributed by atoms with Gasteiger partial charge >= 0.3 is 0 Å². The number of hydrogen-bond acceptors (Lipinski definition) is 5. The van der Waals surface area contributed by atoms with E-state index in [-0.39, 0.29) is 35.6 Å². The molecular weight excluding hydrogens is 525 g/mol. The topological polar surface area (TPSA) is 94.1 Å². The molecule has 0 aliphatic carbocycles. The number of sulfonamides is 1. The number of carbonyl (C=O) groups is 1. The molecule has 2 saturated heterocycles. The highest BCUT2D eigenvalue weighted by molar-refractivity contribution is 14.0. The number of rotatable bonds is 9. The second-order valence-corrected chi connectivity index (χ2v) is 10.4. The van der Waals surface area contributed by atoms with E-state index < -0.39 is 10.0 Å². The zero-order chi connectivity index (χ0) is 20.2. The highest BCUT2D eigenvalue weighted by Gasteiger charge is 2.23. The van der Waals surface area contributed by atoms with Gasteiger partial charge in [-0.1, -0.05) is 6.42 Å². The van der Waals surface area contributed by atoms with Crippen LogP contribution in [-0.4, -0.2) is 92.6 Å². The molecule has 29 heavy (non-hydrogen) atoms. The molecule has 2 aliphatic heterocycles. The monoisotopic (exact) mass is 561 g/mol. The average molecular weight is 562 g/mol. The van der Waals surface area contributed by atoms with Crippen LogP contribution in [0.15, 0.2) is 4.99 Å². The highest BCUT2D eigenvalue weighted by atomic mass is 127. The lowest BCUT2D eigenvalue weighted by Crippen LogP contribution is -2.44. The van der Waals surface area contributed by atoms with Gasteiger partial charge in [-0.15, -0.1) is 24.0 Å². The lowest BCUT2D eigenvalue weighted by atomic mass is 10.2. The maximum Gasteiger partial charge on any atom is 0.222 e. The fraction of sp³-hybridized carbons (Fsp3) is 0.889. The maximum absolute atomic E-state index is 12.4. The van der Waals surface area contributed by atoms with Gasteiger partial charge in [0.2, 0.25) is 15.9 Å². The van der Waals surface area contributed by atoms with E-state index in [1.165, 1.54) is 0 Å². The number of amides is 1. The molecule has 0 spiro atoms. The largest absolute Gasteiger partial charge is 0.357 e. The van der Waals surface area contributed by atoms with E-state index in [2.05, 4.69) is 15.6 Å². The van der Waals surface area contributed by atoms with Crippen LogP contribution in [0.25, 0.3) is 0 Å². The summed E-state index contributed by atoms with van der Waals surface area (Å²) in [7, 11) is -3.21. The second kappa shape index (κ2) is 14.7. The Bertz CT molecular complexity index is 613. The van der Waals surface area contributed by atoms with Crippen LogP contribution in [0.1, 0.15) is 39.0 Å². The highest BCUT2D eigenvalue weighted by Crippen LogP contribution is 2.13. The van der Waals surface area contributed by atoms with Crippen LogP contribution in [0, 0.1) is 0 Å². The summed E-state index contributed by atoms with van der Waals surface area (Å²) in [5.41, 5.74) is 0. The third-order valence-corrected chi connectivity index (χ3v) is 7.70. The van der Waals surface area contributed by atoms with E-state index in [0.717, 1.165) is 50.3 Å². The maximum atomic E-state index is 12.4. The van der Waals surface area contributed by atoms with Gasteiger partial charge in [0, 0.05) is 63.7 Å². The number of guanidine groups is 1. The molecule has 8 nitrogen and oxygen atoms in total. The lowest BCUT2D eigenvalue weighted by molar-refractivity contribution is -0.130. The van der Waals surface area contributed by atoms with Crippen LogP contribution in [0.5, 0.6) is 0 Å². The summed E-state index contributed by atoms with van der Waals surface area (Å²) in [6.07, 6.45) is 4.70. The van der Waals surface area contributed by atoms with E-state index >= 15 is 0 Å². The number of carbonyl (C=O) groups excluding carboxylic acids is 1. The SMILES string of the molecule is CCNC(=NCCCN1CCCCCC1=O)NCCS(=O)(=O)N1CCSCC1.I. The Morgan fingerprint density at radius 3 is 2.62 bits per heavy atom. The van der Waals surface area contributed by atoms with Crippen molar-refractivity contribution >= 4 is 57.6 Å². The molecule has 0 bridgehead atoms. The van der Waals surface area contributed by atoms with Crippen molar-refractivity contribution in [3.8, 4) is 0 Å². The molecular formula is C18H36IN5O3S2. The Balaban J connectivity index is 0.00000420. The van der Waals surface area contributed by atoms with E-state index in [0.29, 0.717) is 45.1 Å². The minimum absolute atomic E-state index is 0. The number of nitrogens with one attached hydrogen (secondary N) is 2. The van der Waals surface area contributed by atoms with Crippen LogP contribution < -0.4 is 10.6 Å². The molecule has 11 heteroatoms. The van der Waals surface area contributed by atoms with Crippen LogP contribution in [0.3, 0.4) is 0 Å². The molecule has 0 aromatic rings. The number of halogens is 1. The predicted octanol–water partition coefficient (Wildman–Crippen LogP) is 1.33. The number of nitrogens with zero attached hydrogens (tertiary/aromatic N) is 3. The molecule has 2 rings (SSSR count). The van der Waals surface area contributed by atoms with Crippen LogP contribution >= 0.6 is 35.7 Å². The van der Waals surface area contributed by atoms with Crippen molar-refractivity contribution in [3.05, 3.63) is 0 Å². The van der Waals surface area contributed by atoms with Gasteiger partial charge in [-0.2, -0.15) is 11.8 Å². The summed E-state index contributed by atoms with van der Waals surface area (Å²) < 4.78 is 26.4. The molecule has 2 fully saturated rings. The Labute approximate surface area is 197 Å². The van der Waals surface area contributed by atoms with E-state index in [1.54, 1.807) is 16.1 Å². The number of thioether (sulfide) groups is 1. The first-order valence-electron chi connectivity index (χ1n) is 10.4. The van der Waals surface area contributed by atoms with Crippen molar-refractivity contribution in [3.63, 3.8) is 0 Å². The minimum Gasteiger partial charge on any atom is -0.357 e. The molecule has 2 N–H and O–H groups in total. The van der Waals surface area contributed by atoms with Gasteiger partial charge in [-0.3, -0.25) is 9.79 Å². The fourth-order valence-corrected chi connectivity index (χ4v) is 5.81. The van der Waals surface area contributed by atoms with Crippen molar-refractivity contribution in [2.75, 3.05) is 63.1 Å². The summed E-state index contributed by atoms with van der Waals surface area (Å²) in [6.45, 7) is 6.45. The zero-order valence-corrected chi connectivity index (χ0v) is 21.4. The fourth-order valence-electron chi connectivity index (χ4n) is 3.32. The molecule has 0 atom stereocenters. The molecule has 2 heterocycles. The van der Waals surface area contributed by atoms with Crippen molar-refractivity contribution < 1.29 is 13.2 Å². The normalized spacial score (nSPS) is 19.4. The number of aliphatic imine (C=N–C) groups is 1. The summed E-state index contributed by atoms with van der Waals surface area (Å²) in [5.74, 6) is 2.71. The smallest absolute Gasteiger partial charge is 0.222 e. The van der Waals surface area contributed by atoms with Gasteiger partial charge in [0.1, 0.15) is 0 Å². The van der Waals surface area contributed by atoms with Gasteiger partial charge in [-0.25, -0.2) is 12.7 Å². The zero-order valence-electron chi connectivity index (χ0n) is 17.4. The molecule has 0 radical (unpaired) electrons. The Hall–Kier alpha value is -0.270. The molecule has 1 amide bonds. The first kappa shape index (κ1) is 26.8. The van der Waals surface area contributed by atoms with Crippen LogP contribution in [0.2, 0.25) is 0 Å². The van der Waals surface area contributed by atoms with E-state index in [1.807, 2.05) is 11.8 Å². The van der Waals surface area contributed by atoms with Crippen molar-refractivity contribution in [2.45, 2.75) is 39.0 Å².